The van der Waals surface area contributed by atoms with Crippen LogP contribution in [0.5, 0.6) is 0 Å². The number of nitrogens with one attached hydrogen (secondary N) is 1. The second-order valence-electron chi connectivity index (χ2n) is 7.05. The Bertz CT molecular complexity index is 995. The van der Waals surface area contributed by atoms with E-state index in [0.29, 0.717) is 18.7 Å². The van der Waals surface area contributed by atoms with Gasteiger partial charge in [-0.3, -0.25) is 9.59 Å². The van der Waals surface area contributed by atoms with Gasteiger partial charge in [0.05, 0.1) is 11.4 Å². The van der Waals surface area contributed by atoms with Crippen molar-refractivity contribution in [1.29, 1.82) is 0 Å². The highest BCUT2D eigenvalue weighted by Crippen LogP contribution is 2.27. The molecule has 1 aliphatic rings. The van der Waals surface area contributed by atoms with Crippen LogP contribution in [0.2, 0.25) is 0 Å². The summed E-state index contributed by atoms with van der Waals surface area (Å²) in [5, 5.41) is 2.65. The lowest BCUT2D eigenvalue weighted by Gasteiger charge is -2.27. The number of carbonyl (C=O) groups is 2. The third-order valence-electron chi connectivity index (χ3n) is 4.78. The molecule has 1 aliphatic heterocycles. The quantitative estimate of drug-likeness (QED) is 0.772. The summed E-state index contributed by atoms with van der Waals surface area (Å²) in [4.78, 5) is 30.7. The van der Waals surface area contributed by atoms with E-state index in [1.807, 2.05) is 13.0 Å². The van der Waals surface area contributed by atoms with Crippen molar-refractivity contribution in [2.24, 2.45) is 0 Å². The van der Waals surface area contributed by atoms with E-state index in [2.05, 4.69) is 10.3 Å². The maximum atomic E-state index is 12.9. The van der Waals surface area contributed by atoms with Gasteiger partial charge in [0, 0.05) is 19.8 Å². The molecule has 1 aromatic carbocycles. The average molecular weight is 417 g/mol. The van der Waals surface area contributed by atoms with Gasteiger partial charge in [-0.1, -0.05) is 18.2 Å². The zero-order valence-electron chi connectivity index (χ0n) is 16.4. The topological polar surface area (TPSA) is 99.7 Å². The average Bonchev–Trinajstić information content (AvgIpc) is 3.18. The molecule has 0 spiro atoms. The van der Waals surface area contributed by atoms with Crippen molar-refractivity contribution < 1.29 is 18.0 Å². The van der Waals surface area contributed by atoms with Crippen LogP contribution in [0.4, 0.5) is 5.82 Å². The Hall–Kier alpha value is -2.78. The Labute approximate surface area is 170 Å². The SMILES string of the molecule is Cc1ccnc(NC(=O)CN(C)C(=O)C2CCCN2S(=O)(=O)c2ccccc2)c1. The van der Waals surface area contributed by atoms with E-state index in [9.17, 15) is 18.0 Å². The minimum atomic E-state index is -3.77. The summed E-state index contributed by atoms with van der Waals surface area (Å²) in [6.07, 6.45) is 2.61. The zero-order valence-corrected chi connectivity index (χ0v) is 17.2. The fraction of sp³-hybridized carbons (Fsp3) is 0.350. The molecule has 1 atom stereocenters. The number of aryl methyl sites for hydroxylation is 1. The first-order valence-electron chi connectivity index (χ1n) is 9.33. The van der Waals surface area contributed by atoms with Crippen LogP contribution in [0, 0.1) is 6.92 Å². The Morgan fingerprint density at radius 1 is 1.24 bits per heavy atom. The standard InChI is InChI=1S/C20H24N4O4S/c1-15-10-11-21-18(13-15)22-19(25)14-23(2)20(26)17-9-6-12-24(17)29(27,28)16-7-4-3-5-8-16/h3-5,7-8,10-11,13,17H,6,9,12,14H2,1-2H3,(H,21,22,25). The number of anilines is 1. The number of likely N-dealkylation sites (N-methyl/N-ethyl adjacent to an activating group) is 1. The van der Waals surface area contributed by atoms with Gasteiger partial charge in [-0.15, -0.1) is 0 Å². The number of aromatic nitrogens is 1. The van der Waals surface area contributed by atoms with Crippen molar-refractivity contribution in [1.82, 2.24) is 14.2 Å². The summed E-state index contributed by atoms with van der Waals surface area (Å²) in [6.45, 7) is 1.97. The Morgan fingerprint density at radius 3 is 2.66 bits per heavy atom. The maximum absolute atomic E-state index is 12.9. The summed E-state index contributed by atoms with van der Waals surface area (Å²) in [7, 11) is -2.28. The highest BCUT2D eigenvalue weighted by atomic mass is 32.2. The molecule has 3 rings (SSSR count). The van der Waals surface area contributed by atoms with E-state index in [-0.39, 0.29) is 18.0 Å². The molecule has 29 heavy (non-hydrogen) atoms. The number of amides is 2. The number of nitrogens with zero attached hydrogens (tertiary/aromatic N) is 3. The van der Waals surface area contributed by atoms with E-state index in [0.717, 1.165) is 5.56 Å². The minimum absolute atomic E-state index is 0.158. The first-order chi connectivity index (χ1) is 13.8. The molecule has 154 valence electrons. The molecule has 1 aromatic heterocycles. The predicted octanol–water partition coefficient (Wildman–Crippen LogP) is 1.64. The number of sulfonamides is 1. The molecule has 8 nitrogen and oxygen atoms in total. The molecule has 1 fully saturated rings. The third-order valence-corrected chi connectivity index (χ3v) is 6.70. The lowest BCUT2D eigenvalue weighted by Crippen LogP contribution is -2.48. The first-order valence-corrected chi connectivity index (χ1v) is 10.8. The number of rotatable bonds is 6. The van der Waals surface area contributed by atoms with Crippen molar-refractivity contribution >= 4 is 27.7 Å². The molecule has 9 heteroatoms. The number of pyridine rings is 1. The van der Waals surface area contributed by atoms with Gasteiger partial charge >= 0.3 is 0 Å². The van der Waals surface area contributed by atoms with Gasteiger partial charge in [-0.2, -0.15) is 4.31 Å². The highest BCUT2D eigenvalue weighted by Gasteiger charge is 2.40. The van der Waals surface area contributed by atoms with Crippen LogP contribution in [0.15, 0.2) is 53.6 Å². The van der Waals surface area contributed by atoms with Crippen molar-refractivity contribution in [2.45, 2.75) is 30.7 Å². The molecular weight excluding hydrogens is 392 g/mol. The molecule has 0 bridgehead atoms. The largest absolute Gasteiger partial charge is 0.335 e. The minimum Gasteiger partial charge on any atom is -0.335 e. The van der Waals surface area contributed by atoms with Crippen LogP contribution < -0.4 is 5.32 Å². The second kappa shape index (κ2) is 8.71. The van der Waals surface area contributed by atoms with Gasteiger partial charge in [-0.05, 0) is 49.6 Å². The van der Waals surface area contributed by atoms with Gasteiger partial charge < -0.3 is 10.2 Å². The third kappa shape index (κ3) is 4.80. The monoisotopic (exact) mass is 416 g/mol. The van der Waals surface area contributed by atoms with Crippen LogP contribution in [-0.4, -0.2) is 60.6 Å². The molecule has 0 radical (unpaired) electrons. The number of hydrogen-bond donors (Lipinski definition) is 1. The molecule has 0 saturated carbocycles. The molecule has 1 N–H and O–H groups in total. The lowest BCUT2D eigenvalue weighted by molar-refractivity contribution is -0.136. The van der Waals surface area contributed by atoms with Crippen LogP contribution in [0.1, 0.15) is 18.4 Å². The summed E-state index contributed by atoms with van der Waals surface area (Å²) in [6, 6.07) is 10.8. The van der Waals surface area contributed by atoms with Gasteiger partial charge in [0.15, 0.2) is 0 Å². The van der Waals surface area contributed by atoms with Gasteiger partial charge in [0.1, 0.15) is 11.9 Å². The Morgan fingerprint density at radius 2 is 1.97 bits per heavy atom. The number of hydrogen-bond acceptors (Lipinski definition) is 5. The van der Waals surface area contributed by atoms with E-state index in [1.165, 1.54) is 28.4 Å². The van der Waals surface area contributed by atoms with E-state index < -0.39 is 27.9 Å². The van der Waals surface area contributed by atoms with Crippen LogP contribution in [0.3, 0.4) is 0 Å². The van der Waals surface area contributed by atoms with Gasteiger partial charge in [0.25, 0.3) is 0 Å². The summed E-state index contributed by atoms with van der Waals surface area (Å²) in [5.41, 5.74) is 0.951. The Balaban J connectivity index is 1.67. The van der Waals surface area contributed by atoms with Crippen LogP contribution in [-0.2, 0) is 19.6 Å². The molecular formula is C20H24N4O4S. The first kappa shape index (κ1) is 20.9. The molecule has 2 heterocycles. The fourth-order valence-electron chi connectivity index (χ4n) is 3.34. The molecule has 2 aromatic rings. The normalized spacial score (nSPS) is 17.1. The van der Waals surface area contributed by atoms with Crippen molar-refractivity contribution in [3.05, 3.63) is 54.2 Å². The summed E-state index contributed by atoms with van der Waals surface area (Å²) < 4.78 is 27.1. The van der Waals surface area contributed by atoms with Gasteiger partial charge in [0.2, 0.25) is 21.8 Å². The van der Waals surface area contributed by atoms with E-state index >= 15 is 0 Å². The predicted molar refractivity (Wildman–Crippen MR) is 109 cm³/mol. The number of carbonyl (C=O) groups excluding carboxylic acids is 2. The maximum Gasteiger partial charge on any atom is 0.245 e. The van der Waals surface area contributed by atoms with Gasteiger partial charge in [-0.25, -0.2) is 13.4 Å². The van der Waals surface area contributed by atoms with Crippen molar-refractivity contribution in [2.75, 3.05) is 25.5 Å². The molecule has 2 amide bonds. The van der Waals surface area contributed by atoms with Crippen LogP contribution in [0.25, 0.3) is 0 Å². The summed E-state index contributed by atoms with van der Waals surface area (Å²) >= 11 is 0. The second-order valence-corrected chi connectivity index (χ2v) is 8.94. The van der Waals surface area contributed by atoms with E-state index in [4.69, 9.17) is 0 Å². The van der Waals surface area contributed by atoms with Crippen molar-refractivity contribution in [3.8, 4) is 0 Å². The Kier molecular flexibility index (Phi) is 6.29. The molecule has 0 aliphatic carbocycles. The van der Waals surface area contributed by atoms with E-state index in [1.54, 1.807) is 30.5 Å². The lowest BCUT2D eigenvalue weighted by atomic mass is 10.2. The zero-order chi connectivity index (χ0) is 21.0. The highest BCUT2D eigenvalue weighted by molar-refractivity contribution is 7.89. The van der Waals surface area contributed by atoms with Crippen molar-refractivity contribution in [3.63, 3.8) is 0 Å². The smallest absolute Gasteiger partial charge is 0.245 e. The number of benzene rings is 1. The fourth-order valence-corrected chi connectivity index (χ4v) is 5.01. The summed E-state index contributed by atoms with van der Waals surface area (Å²) in [5.74, 6) is -0.381. The van der Waals surface area contributed by atoms with Crippen LogP contribution >= 0.6 is 0 Å². The molecule has 1 unspecified atom stereocenters. The molecule has 1 saturated heterocycles.